The molecule has 0 aliphatic heterocycles. The monoisotopic (exact) mass is 228 g/mol. The third-order valence-electron chi connectivity index (χ3n) is 0.461. The quantitative estimate of drug-likeness (QED) is 0.478. The minimum absolute atomic E-state index is 0.0633. The fraction of sp³-hybridized carbons (Fsp3) is 0.333. The Balaban J connectivity index is 4.01. The van der Waals surface area contributed by atoms with Crippen molar-refractivity contribution < 1.29 is 13.2 Å². The number of hydrogen-bond acceptors (Lipinski definition) is 0. The number of alkyl halides is 3. The molecule has 0 spiro atoms. The van der Waals surface area contributed by atoms with Crippen molar-refractivity contribution in [1.82, 2.24) is 0 Å². The van der Waals surface area contributed by atoms with Gasteiger partial charge in [0, 0.05) is 6.08 Å². The summed E-state index contributed by atoms with van der Waals surface area (Å²) in [4.78, 5) is 0. The lowest BCUT2D eigenvalue weighted by Crippen LogP contribution is -2.09. The third kappa shape index (κ3) is 8.62. The maximum atomic E-state index is 11.3. The molecule has 0 nitrogen and oxygen atoms in total. The van der Waals surface area contributed by atoms with Crippen LogP contribution >= 0.6 is 33.2 Å². The zero-order valence-corrected chi connectivity index (χ0v) is 7.69. The predicted molar refractivity (Wildman–Crippen MR) is 38.5 cm³/mol. The molecule has 0 saturated heterocycles. The molecule has 0 amide bonds. The molecule has 10 heavy (non-hydrogen) atoms. The van der Waals surface area contributed by atoms with E-state index in [-0.39, 0.29) is 6.08 Å². The van der Waals surface area contributed by atoms with Gasteiger partial charge in [-0.1, -0.05) is 0 Å². The van der Waals surface area contributed by atoms with E-state index in [2.05, 4.69) is 0 Å². The van der Waals surface area contributed by atoms with Crippen molar-refractivity contribution in [3.63, 3.8) is 0 Å². The molecular weight excluding hydrogens is 227 g/mol. The predicted octanol–water partition coefficient (Wildman–Crippen LogP) is 3.30. The Bertz CT molecular complexity index is 119. The van der Waals surface area contributed by atoms with Crippen molar-refractivity contribution in [1.29, 1.82) is 0 Å². The van der Waals surface area contributed by atoms with Crippen LogP contribution in [0.2, 0.25) is 0 Å². The van der Waals surface area contributed by atoms with Crippen LogP contribution in [0.15, 0.2) is 11.8 Å². The van der Waals surface area contributed by atoms with Crippen molar-refractivity contribution in [2.45, 2.75) is 6.18 Å². The van der Waals surface area contributed by atoms with Gasteiger partial charge in [0.25, 0.3) is 0 Å². The maximum Gasteiger partial charge on any atom is 0.409 e. The van der Waals surface area contributed by atoms with Gasteiger partial charge in [-0.15, -0.1) is 33.2 Å². The lowest BCUT2D eigenvalue weighted by molar-refractivity contribution is -0.0797. The summed E-state index contributed by atoms with van der Waals surface area (Å²) < 4.78 is 34.0. The van der Waals surface area contributed by atoms with Gasteiger partial charge in [0.05, 0.1) is 0 Å². The molecule has 0 radical (unpaired) electrons. The first-order valence-corrected chi connectivity index (χ1v) is 7.16. The summed E-state index contributed by atoms with van der Waals surface area (Å²) in [6, 6.07) is -3.25. The average Bonchev–Trinajstić information content (AvgIpc) is 1.57. The Kier molecular flexibility index (Phi) is 3.55. The highest BCUT2D eigenvalue weighted by Crippen LogP contribution is 2.24. The highest BCUT2D eigenvalue weighted by Gasteiger charge is 2.27. The van der Waals surface area contributed by atoms with Gasteiger partial charge in [-0.2, -0.15) is 13.2 Å². The number of rotatable bonds is 1. The summed E-state index contributed by atoms with van der Waals surface area (Å²) in [5.41, 5.74) is 0.581. The summed E-state index contributed by atoms with van der Waals surface area (Å²) in [6.45, 7) is 0. The van der Waals surface area contributed by atoms with Crippen LogP contribution in [0.5, 0.6) is 0 Å². The van der Waals surface area contributed by atoms with Crippen LogP contribution in [0.4, 0.5) is 13.2 Å². The summed E-state index contributed by atoms with van der Waals surface area (Å²) in [7, 11) is 0. The zero-order valence-electron chi connectivity index (χ0n) is 4.42. The second kappa shape index (κ2) is 3.34. The Hall–Kier alpha value is 0.617. The second-order valence-corrected chi connectivity index (χ2v) is 9.94. The van der Waals surface area contributed by atoms with Crippen LogP contribution in [-0.4, -0.2) is 12.2 Å². The van der Waals surface area contributed by atoms with E-state index in [4.69, 9.17) is 33.2 Å². The molecule has 0 rings (SSSR count). The normalized spacial score (nSPS) is 14.6. The molecule has 0 atom stereocenters. The summed E-state index contributed by atoms with van der Waals surface area (Å²) >= 11 is 15.4. The summed E-state index contributed by atoms with van der Waals surface area (Å²) in [5, 5.41) is 0. The Morgan fingerprint density at radius 2 is 1.50 bits per heavy atom. The second-order valence-electron chi connectivity index (χ2n) is 1.42. The van der Waals surface area contributed by atoms with Crippen LogP contribution in [0.3, 0.4) is 0 Å². The van der Waals surface area contributed by atoms with E-state index in [9.17, 15) is 13.2 Å². The lowest BCUT2D eigenvalue weighted by atomic mass is 10.6. The van der Waals surface area contributed by atoms with Crippen LogP contribution in [0.25, 0.3) is 0 Å². The molecular formula is C3H2Cl3F3Si. The topological polar surface area (TPSA) is 0 Å². The molecule has 0 aliphatic carbocycles. The van der Waals surface area contributed by atoms with E-state index in [1.165, 1.54) is 0 Å². The first-order valence-electron chi connectivity index (χ1n) is 2.04. The molecule has 0 bridgehead atoms. The van der Waals surface area contributed by atoms with Crippen LogP contribution in [0, 0.1) is 0 Å². The molecule has 0 fully saturated rings. The first kappa shape index (κ1) is 10.6. The Morgan fingerprint density at radius 3 is 1.60 bits per heavy atom. The Labute approximate surface area is 70.7 Å². The van der Waals surface area contributed by atoms with E-state index < -0.39 is 12.2 Å². The molecule has 0 aromatic carbocycles. The van der Waals surface area contributed by atoms with Crippen molar-refractivity contribution >= 4 is 39.2 Å². The van der Waals surface area contributed by atoms with Crippen LogP contribution in [-0.2, 0) is 0 Å². The molecule has 0 aromatic rings. The number of hydrogen-bond donors (Lipinski definition) is 0. The highest BCUT2D eigenvalue weighted by atomic mass is 35.8. The third-order valence-corrected chi connectivity index (χ3v) is 2.14. The van der Waals surface area contributed by atoms with E-state index in [1.807, 2.05) is 0 Å². The molecule has 0 saturated carbocycles. The van der Waals surface area contributed by atoms with Gasteiger partial charge in [-0.3, -0.25) is 0 Å². The van der Waals surface area contributed by atoms with Crippen molar-refractivity contribution in [3.05, 3.63) is 11.8 Å². The van der Waals surface area contributed by atoms with Crippen molar-refractivity contribution in [3.8, 4) is 0 Å². The van der Waals surface area contributed by atoms with E-state index in [0.29, 0.717) is 5.70 Å². The van der Waals surface area contributed by atoms with E-state index in [1.54, 1.807) is 0 Å². The smallest absolute Gasteiger partial charge is 0.167 e. The molecule has 60 valence electrons. The van der Waals surface area contributed by atoms with Gasteiger partial charge in [-0.05, 0) is 5.70 Å². The summed E-state index contributed by atoms with van der Waals surface area (Å²) in [5.74, 6) is 0. The fourth-order valence-corrected chi connectivity index (χ4v) is 1.13. The van der Waals surface area contributed by atoms with Gasteiger partial charge in [0.1, 0.15) is 0 Å². The van der Waals surface area contributed by atoms with Crippen molar-refractivity contribution in [2.75, 3.05) is 0 Å². The number of halogens is 6. The molecule has 7 heteroatoms. The minimum atomic E-state index is -4.39. The van der Waals surface area contributed by atoms with E-state index >= 15 is 0 Å². The largest absolute Gasteiger partial charge is 0.409 e. The highest BCUT2D eigenvalue weighted by molar-refractivity contribution is 7.66. The summed E-state index contributed by atoms with van der Waals surface area (Å²) in [6.07, 6.45) is -4.46. The van der Waals surface area contributed by atoms with Gasteiger partial charge in [-0.25, -0.2) is 0 Å². The molecule has 0 N–H and O–H groups in total. The zero-order chi connectivity index (χ0) is 8.41. The Morgan fingerprint density at radius 1 is 1.10 bits per heavy atom. The maximum absolute atomic E-state index is 11.3. The molecule has 0 aromatic heterocycles. The van der Waals surface area contributed by atoms with Crippen LogP contribution < -0.4 is 0 Å². The van der Waals surface area contributed by atoms with Crippen LogP contribution in [0.1, 0.15) is 0 Å². The van der Waals surface area contributed by atoms with E-state index in [0.717, 1.165) is 0 Å². The lowest BCUT2D eigenvalue weighted by Gasteiger charge is -2.00. The van der Waals surface area contributed by atoms with Gasteiger partial charge in [0.15, 0.2) is 0 Å². The average molecular weight is 229 g/mol. The van der Waals surface area contributed by atoms with Crippen molar-refractivity contribution in [2.24, 2.45) is 0 Å². The number of allylic oxidation sites excluding steroid dienone is 1. The SMILES string of the molecule is FC(F)(F)/C=C/[Si](Cl)(Cl)Cl. The molecule has 0 heterocycles. The minimum Gasteiger partial charge on any atom is -0.167 e. The van der Waals surface area contributed by atoms with Gasteiger partial charge >= 0.3 is 12.2 Å². The van der Waals surface area contributed by atoms with Gasteiger partial charge < -0.3 is 0 Å². The standard InChI is InChI=1S/C3H2Cl3F3Si/c4-10(5,6)2-1-3(7,8)9/h1-2H/b2-1+. The molecule has 0 unspecified atom stereocenters. The fourth-order valence-electron chi connectivity index (χ4n) is 0.189. The first-order chi connectivity index (χ1) is 4.21. The molecule has 0 aliphatic rings. The van der Waals surface area contributed by atoms with Gasteiger partial charge in [0.2, 0.25) is 0 Å².